The van der Waals surface area contributed by atoms with E-state index in [9.17, 15) is 19.5 Å². The maximum absolute atomic E-state index is 11.4. The minimum Gasteiger partial charge on any atom is -0.463 e. The van der Waals surface area contributed by atoms with Gasteiger partial charge in [0.2, 0.25) is 0 Å². The molecule has 5 atom stereocenters. The van der Waals surface area contributed by atoms with Crippen LogP contribution in [-0.2, 0) is 33.3 Å². The molecule has 1 rings (SSSR count). The van der Waals surface area contributed by atoms with Gasteiger partial charge in [-0.3, -0.25) is 14.4 Å². The lowest BCUT2D eigenvalue weighted by Crippen LogP contribution is -2.65. The summed E-state index contributed by atoms with van der Waals surface area (Å²) in [6.07, 6.45) is -3.53. The van der Waals surface area contributed by atoms with E-state index in [4.69, 9.17) is 18.9 Å². The first-order valence-electron chi connectivity index (χ1n) is 7.81. The van der Waals surface area contributed by atoms with Gasteiger partial charge in [0.15, 0.2) is 18.5 Å². The van der Waals surface area contributed by atoms with Gasteiger partial charge in [-0.2, -0.15) is 0 Å². The molecule has 0 saturated carbocycles. The minimum atomic E-state index is -1.33. The second kappa shape index (κ2) is 9.55. The molecule has 2 N–H and O–H groups in total. The summed E-state index contributed by atoms with van der Waals surface area (Å²) in [6.45, 7) is 5.84. The maximum atomic E-state index is 11.4. The fourth-order valence-electron chi connectivity index (χ4n) is 2.45. The van der Waals surface area contributed by atoms with Gasteiger partial charge < -0.3 is 29.4 Å². The molecule has 0 aliphatic carbocycles. The molecular weight excluding hydrogens is 322 g/mol. The van der Waals surface area contributed by atoms with Gasteiger partial charge in [0, 0.05) is 20.8 Å². The second-order valence-electron chi connectivity index (χ2n) is 5.50. The summed E-state index contributed by atoms with van der Waals surface area (Å²) in [5, 5.41) is 13.2. The molecule has 1 unspecified atom stereocenters. The van der Waals surface area contributed by atoms with Crippen LogP contribution in [0, 0.1) is 0 Å². The van der Waals surface area contributed by atoms with Crippen LogP contribution in [0.5, 0.6) is 0 Å². The minimum absolute atomic E-state index is 0.247. The van der Waals surface area contributed by atoms with Crippen LogP contribution in [0.4, 0.5) is 0 Å². The molecule has 1 aliphatic heterocycles. The van der Waals surface area contributed by atoms with Crippen LogP contribution in [0.1, 0.15) is 34.1 Å². The van der Waals surface area contributed by atoms with Gasteiger partial charge in [0.25, 0.3) is 0 Å². The molecular formula is C15H25NO8. The zero-order chi connectivity index (χ0) is 18.3. The first-order chi connectivity index (χ1) is 11.3. The number of aliphatic hydroxyl groups is 1. The molecule has 24 heavy (non-hydrogen) atoms. The van der Waals surface area contributed by atoms with E-state index in [1.165, 1.54) is 20.8 Å². The standard InChI is InChI=1S/C15H25NO8/c1-5-6-16-12-14(23-10(4)19)13(22-9(3)18)11(24-15(12)20)7-21-8(2)17/h11-16,20H,5-7H2,1-4H3/t11-,12-,13-,14-,15?/m1/s1. The molecule has 0 aromatic heterocycles. The largest absolute Gasteiger partial charge is 0.463 e. The van der Waals surface area contributed by atoms with Crippen LogP contribution in [0.15, 0.2) is 0 Å². The summed E-state index contributed by atoms with van der Waals surface area (Å²) < 4.78 is 20.8. The van der Waals surface area contributed by atoms with Crippen molar-refractivity contribution in [3.8, 4) is 0 Å². The molecule has 138 valence electrons. The SMILES string of the molecule is CCCN[C@H]1C(O)O[C@H](COC(C)=O)[C@@H](OC(C)=O)[C@@H]1OC(C)=O. The third-order valence-electron chi connectivity index (χ3n) is 3.35. The highest BCUT2D eigenvalue weighted by atomic mass is 16.7. The highest BCUT2D eigenvalue weighted by Crippen LogP contribution is 2.26. The van der Waals surface area contributed by atoms with E-state index >= 15 is 0 Å². The molecule has 0 amide bonds. The van der Waals surface area contributed by atoms with Gasteiger partial charge >= 0.3 is 17.9 Å². The third kappa shape index (κ3) is 6.06. The average Bonchev–Trinajstić information content (AvgIpc) is 2.46. The van der Waals surface area contributed by atoms with Crippen LogP contribution < -0.4 is 5.32 Å². The lowest BCUT2D eigenvalue weighted by molar-refractivity contribution is -0.265. The summed E-state index contributed by atoms with van der Waals surface area (Å²) in [6, 6.07) is -0.785. The molecule has 9 nitrogen and oxygen atoms in total. The van der Waals surface area contributed by atoms with Gasteiger partial charge in [-0.25, -0.2) is 0 Å². The average molecular weight is 347 g/mol. The highest BCUT2D eigenvalue weighted by Gasteiger charge is 2.49. The molecule has 9 heteroatoms. The summed E-state index contributed by atoms with van der Waals surface area (Å²) in [5.41, 5.74) is 0. The molecule has 1 saturated heterocycles. The third-order valence-corrected chi connectivity index (χ3v) is 3.35. The molecule has 0 bridgehead atoms. The quantitative estimate of drug-likeness (QED) is 0.464. The fraction of sp³-hybridized carbons (Fsp3) is 0.800. The van der Waals surface area contributed by atoms with Gasteiger partial charge in [-0.1, -0.05) is 6.92 Å². The zero-order valence-electron chi connectivity index (χ0n) is 14.3. The number of hydrogen-bond acceptors (Lipinski definition) is 9. The van der Waals surface area contributed by atoms with Crippen molar-refractivity contribution in [2.45, 2.75) is 64.8 Å². The lowest BCUT2D eigenvalue weighted by atomic mass is 9.96. The van der Waals surface area contributed by atoms with Gasteiger partial charge in [0.1, 0.15) is 12.7 Å². The molecule has 1 aliphatic rings. The topological polar surface area (TPSA) is 120 Å². The van der Waals surface area contributed by atoms with Gasteiger partial charge in [-0.15, -0.1) is 0 Å². The van der Waals surface area contributed by atoms with Crippen LogP contribution in [0.25, 0.3) is 0 Å². The van der Waals surface area contributed by atoms with Crippen molar-refractivity contribution in [3.05, 3.63) is 0 Å². The summed E-state index contributed by atoms with van der Waals surface area (Å²) >= 11 is 0. The van der Waals surface area contributed by atoms with E-state index < -0.39 is 48.6 Å². The number of aliphatic hydroxyl groups excluding tert-OH is 1. The number of nitrogens with one attached hydrogen (secondary N) is 1. The van der Waals surface area contributed by atoms with Crippen molar-refractivity contribution in [2.24, 2.45) is 0 Å². The predicted octanol–water partition coefficient (Wildman–Crippen LogP) is -0.502. The van der Waals surface area contributed by atoms with Crippen LogP contribution in [0.2, 0.25) is 0 Å². The van der Waals surface area contributed by atoms with E-state index in [1.807, 2.05) is 6.92 Å². The maximum Gasteiger partial charge on any atom is 0.303 e. The Morgan fingerprint density at radius 2 is 1.62 bits per heavy atom. The summed E-state index contributed by atoms with van der Waals surface area (Å²) in [7, 11) is 0. The fourth-order valence-corrected chi connectivity index (χ4v) is 2.45. The summed E-state index contributed by atoms with van der Waals surface area (Å²) in [4.78, 5) is 33.9. The van der Waals surface area contributed by atoms with Crippen molar-refractivity contribution in [2.75, 3.05) is 13.2 Å². The lowest BCUT2D eigenvalue weighted by Gasteiger charge is -2.43. The van der Waals surface area contributed by atoms with E-state index in [2.05, 4.69) is 5.32 Å². The van der Waals surface area contributed by atoms with Crippen molar-refractivity contribution in [1.82, 2.24) is 5.32 Å². The molecule has 0 radical (unpaired) electrons. The van der Waals surface area contributed by atoms with E-state index in [0.717, 1.165) is 6.42 Å². The van der Waals surface area contributed by atoms with E-state index in [-0.39, 0.29) is 6.61 Å². The van der Waals surface area contributed by atoms with E-state index in [0.29, 0.717) is 6.54 Å². The Morgan fingerprint density at radius 1 is 1.04 bits per heavy atom. The Hall–Kier alpha value is -1.71. The Kier molecular flexibility index (Phi) is 8.09. The molecule has 0 aromatic carbocycles. The zero-order valence-corrected chi connectivity index (χ0v) is 14.3. The first kappa shape index (κ1) is 20.3. The monoisotopic (exact) mass is 347 g/mol. The number of carbonyl (C=O) groups excluding carboxylic acids is 3. The van der Waals surface area contributed by atoms with Crippen LogP contribution in [0.3, 0.4) is 0 Å². The molecule has 0 aromatic rings. The Bertz CT molecular complexity index is 455. The predicted molar refractivity (Wildman–Crippen MR) is 80.7 cm³/mol. The number of rotatable bonds is 7. The molecule has 1 fully saturated rings. The van der Waals surface area contributed by atoms with Crippen molar-refractivity contribution in [1.29, 1.82) is 0 Å². The molecule has 1 heterocycles. The first-order valence-corrected chi connectivity index (χ1v) is 7.81. The van der Waals surface area contributed by atoms with Gasteiger partial charge in [0.05, 0.1) is 6.04 Å². The van der Waals surface area contributed by atoms with Crippen molar-refractivity contribution in [3.63, 3.8) is 0 Å². The number of hydrogen-bond donors (Lipinski definition) is 2. The normalized spacial score (nSPS) is 29.6. The highest BCUT2D eigenvalue weighted by molar-refractivity contribution is 5.67. The number of esters is 3. The Labute approximate surface area is 140 Å². The summed E-state index contributed by atoms with van der Waals surface area (Å²) in [5.74, 6) is -1.76. The molecule has 0 spiro atoms. The van der Waals surface area contributed by atoms with Crippen molar-refractivity contribution >= 4 is 17.9 Å². The van der Waals surface area contributed by atoms with Crippen LogP contribution in [-0.4, -0.2) is 66.8 Å². The van der Waals surface area contributed by atoms with Crippen LogP contribution >= 0.6 is 0 Å². The Morgan fingerprint density at radius 3 is 2.12 bits per heavy atom. The number of carbonyl (C=O) groups is 3. The van der Waals surface area contributed by atoms with E-state index in [1.54, 1.807) is 0 Å². The smallest absolute Gasteiger partial charge is 0.303 e. The number of ether oxygens (including phenoxy) is 4. The second-order valence-corrected chi connectivity index (χ2v) is 5.50. The Balaban J connectivity index is 3.04. The van der Waals surface area contributed by atoms with Crippen molar-refractivity contribution < 1.29 is 38.4 Å². The van der Waals surface area contributed by atoms with Gasteiger partial charge in [-0.05, 0) is 13.0 Å².